The highest BCUT2D eigenvalue weighted by Crippen LogP contribution is 2.40. The zero-order valence-corrected chi connectivity index (χ0v) is 9.59. The molecule has 0 aromatic carbocycles. The highest BCUT2D eigenvalue weighted by molar-refractivity contribution is 5.43. The van der Waals surface area contributed by atoms with Crippen molar-refractivity contribution in [1.29, 1.82) is 0 Å². The maximum Gasteiger partial charge on any atom is 0.114 e. The van der Waals surface area contributed by atoms with Crippen molar-refractivity contribution in [2.24, 2.45) is 0 Å². The molecule has 2 rings (SSSR count). The van der Waals surface area contributed by atoms with Gasteiger partial charge in [-0.2, -0.15) is 0 Å². The molecule has 3 nitrogen and oxygen atoms in total. The van der Waals surface area contributed by atoms with E-state index in [0.29, 0.717) is 6.61 Å². The largest absolute Gasteiger partial charge is 0.508 e. The van der Waals surface area contributed by atoms with Crippen molar-refractivity contribution in [2.75, 3.05) is 19.7 Å². The van der Waals surface area contributed by atoms with Gasteiger partial charge in [-0.3, -0.25) is 0 Å². The average Bonchev–Trinajstić information content (AvgIpc) is 2.29. The molecule has 0 saturated carbocycles. The Morgan fingerprint density at radius 2 is 2.12 bits per heavy atom. The molecule has 0 amide bonds. The van der Waals surface area contributed by atoms with Crippen LogP contribution in [0.1, 0.15) is 19.3 Å². The molecule has 3 heteroatoms. The van der Waals surface area contributed by atoms with Gasteiger partial charge in [-0.05, 0) is 37.9 Å². The molecule has 0 bridgehead atoms. The van der Waals surface area contributed by atoms with Gasteiger partial charge in [0.15, 0.2) is 0 Å². The Hall–Kier alpha value is -1.06. The maximum atomic E-state index is 9.80. The predicted octanol–water partition coefficient (Wildman–Crippen LogP) is 2.08. The fourth-order valence-electron chi connectivity index (χ4n) is 2.72. The fraction of sp³-hybridized carbons (Fsp3) is 0.538. The van der Waals surface area contributed by atoms with Crippen LogP contribution in [0.25, 0.3) is 0 Å². The summed E-state index contributed by atoms with van der Waals surface area (Å²) in [5.41, 5.74) is 1.62. The molecule has 2 heterocycles. The zero-order valence-electron chi connectivity index (χ0n) is 9.59. The Bertz CT molecular complexity index is 338. The van der Waals surface area contributed by atoms with Crippen molar-refractivity contribution >= 4 is 0 Å². The van der Waals surface area contributed by atoms with Gasteiger partial charge in [-0.1, -0.05) is 19.2 Å². The smallest absolute Gasteiger partial charge is 0.114 e. The van der Waals surface area contributed by atoms with E-state index in [9.17, 15) is 5.11 Å². The second-order valence-corrected chi connectivity index (χ2v) is 4.39. The van der Waals surface area contributed by atoms with E-state index in [-0.39, 0.29) is 11.4 Å². The van der Waals surface area contributed by atoms with E-state index in [0.717, 1.165) is 43.5 Å². The summed E-state index contributed by atoms with van der Waals surface area (Å²) in [6, 6.07) is 0. The monoisotopic (exact) mass is 221 g/mol. The summed E-state index contributed by atoms with van der Waals surface area (Å²) in [4.78, 5) is 0. The molecule has 0 radical (unpaired) electrons. The topological polar surface area (TPSA) is 41.5 Å². The van der Waals surface area contributed by atoms with E-state index in [1.165, 1.54) is 0 Å². The molecule has 2 N–H and O–H groups in total. The molecular weight excluding hydrogens is 202 g/mol. The van der Waals surface area contributed by atoms with E-state index in [2.05, 4.69) is 18.5 Å². The lowest BCUT2D eigenvalue weighted by Gasteiger charge is -2.43. The highest BCUT2D eigenvalue weighted by Gasteiger charge is 2.41. The first-order valence-corrected chi connectivity index (χ1v) is 5.78. The molecule has 0 unspecified atom stereocenters. The minimum Gasteiger partial charge on any atom is -0.508 e. The van der Waals surface area contributed by atoms with Gasteiger partial charge in [0.25, 0.3) is 0 Å². The van der Waals surface area contributed by atoms with Crippen molar-refractivity contribution in [3.63, 3.8) is 0 Å². The number of aliphatic hydroxyl groups excluding tert-OH is 1. The van der Waals surface area contributed by atoms with Crippen LogP contribution in [-0.4, -0.2) is 30.4 Å². The first-order valence-electron chi connectivity index (χ1n) is 5.78. The van der Waals surface area contributed by atoms with Gasteiger partial charge < -0.3 is 15.2 Å². The number of hydrogen-bond donors (Lipinski definition) is 2. The molecule has 0 atom stereocenters. The number of rotatable bonds is 2. The van der Waals surface area contributed by atoms with Crippen molar-refractivity contribution in [3.8, 4) is 0 Å². The Morgan fingerprint density at radius 3 is 2.69 bits per heavy atom. The average molecular weight is 221 g/mol. The van der Waals surface area contributed by atoms with E-state index >= 15 is 0 Å². The lowest BCUT2D eigenvalue weighted by molar-refractivity contribution is -0.0469. The molecule has 1 spiro atoms. The summed E-state index contributed by atoms with van der Waals surface area (Å²) in [6.07, 6.45) is 4.41. The fourth-order valence-corrected chi connectivity index (χ4v) is 2.72. The zero-order chi connectivity index (χ0) is 11.6. The third-order valence-corrected chi connectivity index (χ3v) is 3.47. The van der Waals surface area contributed by atoms with Crippen LogP contribution in [-0.2, 0) is 4.74 Å². The summed E-state index contributed by atoms with van der Waals surface area (Å²) in [5.74, 6) is 0.136. The summed E-state index contributed by atoms with van der Waals surface area (Å²) in [5, 5.41) is 13.1. The quantitative estimate of drug-likeness (QED) is 0.701. The van der Waals surface area contributed by atoms with Crippen molar-refractivity contribution in [2.45, 2.75) is 24.9 Å². The van der Waals surface area contributed by atoms with Gasteiger partial charge in [0.05, 0.1) is 12.2 Å². The van der Waals surface area contributed by atoms with Gasteiger partial charge in [0, 0.05) is 5.57 Å². The summed E-state index contributed by atoms with van der Waals surface area (Å²) in [7, 11) is 0. The number of nitrogens with one attached hydrogen (secondary N) is 1. The first-order chi connectivity index (χ1) is 7.69. The second-order valence-electron chi connectivity index (χ2n) is 4.39. The molecule has 0 aromatic rings. The minimum atomic E-state index is -0.334. The van der Waals surface area contributed by atoms with Crippen LogP contribution >= 0.6 is 0 Å². The van der Waals surface area contributed by atoms with E-state index in [4.69, 9.17) is 4.74 Å². The summed E-state index contributed by atoms with van der Waals surface area (Å²) >= 11 is 0. The number of hydrogen-bond acceptors (Lipinski definition) is 3. The van der Waals surface area contributed by atoms with Crippen LogP contribution in [0.15, 0.2) is 36.1 Å². The molecule has 2 aliphatic heterocycles. The van der Waals surface area contributed by atoms with Gasteiger partial charge in [-0.25, -0.2) is 0 Å². The van der Waals surface area contributed by atoms with E-state index < -0.39 is 0 Å². The van der Waals surface area contributed by atoms with Gasteiger partial charge in [0.2, 0.25) is 0 Å². The highest BCUT2D eigenvalue weighted by atomic mass is 16.5. The lowest BCUT2D eigenvalue weighted by Crippen LogP contribution is -2.48. The van der Waals surface area contributed by atoms with Crippen LogP contribution in [0.5, 0.6) is 0 Å². The predicted molar refractivity (Wildman–Crippen MR) is 64.4 cm³/mol. The van der Waals surface area contributed by atoms with Crippen LogP contribution in [0.3, 0.4) is 0 Å². The van der Waals surface area contributed by atoms with Crippen molar-refractivity contribution in [3.05, 3.63) is 36.1 Å². The van der Waals surface area contributed by atoms with E-state index in [1.54, 1.807) is 0 Å². The molecular formula is C13H19NO2. The standard InChI is InChI=1S/C13H19NO2/c1-3-11-4-9-16-13(12(11)10(2)15)5-7-14-8-6-13/h3,14-15H,1-2,4-9H2. The summed E-state index contributed by atoms with van der Waals surface area (Å²) < 4.78 is 5.95. The molecule has 0 aliphatic carbocycles. The molecule has 2 aliphatic rings. The number of allylic oxidation sites excluding steroid dienone is 1. The van der Waals surface area contributed by atoms with E-state index in [1.807, 2.05) is 6.08 Å². The number of piperidine rings is 1. The maximum absolute atomic E-state index is 9.80. The second kappa shape index (κ2) is 4.44. The number of ether oxygens (including phenoxy) is 1. The van der Waals surface area contributed by atoms with Crippen molar-refractivity contribution < 1.29 is 9.84 Å². The van der Waals surface area contributed by atoms with Gasteiger partial charge in [0.1, 0.15) is 5.76 Å². The van der Waals surface area contributed by atoms with Crippen LogP contribution in [0, 0.1) is 0 Å². The Morgan fingerprint density at radius 1 is 1.44 bits per heavy atom. The van der Waals surface area contributed by atoms with Crippen molar-refractivity contribution in [1.82, 2.24) is 5.32 Å². The normalized spacial score (nSPS) is 24.5. The Labute approximate surface area is 96.5 Å². The third-order valence-electron chi connectivity index (χ3n) is 3.47. The molecule has 1 saturated heterocycles. The van der Waals surface area contributed by atoms with Crippen LogP contribution in [0.2, 0.25) is 0 Å². The molecule has 88 valence electrons. The molecule has 1 fully saturated rings. The van der Waals surface area contributed by atoms with Gasteiger partial charge >= 0.3 is 0 Å². The minimum absolute atomic E-state index is 0.136. The molecule has 16 heavy (non-hydrogen) atoms. The first kappa shape index (κ1) is 11.4. The SMILES string of the molecule is C=CC1=C(C(=C)O)C2(CCNCC2)OCC1. The third kappa shape index (κ3) is 1.81. The van der Waals surface area contributed by atoms with Gasteiger partial charge in [-0.15, -0.1) is 0 Å². The Balaban J connectivity index is 2.42. The summed E-state index contributed by atoms with van der Waals surface area (Å²) in [6.45, 7) is 10.0. The van der Waals surface area contributed by atoms with Crippen LogP contribution < -0.4 is 5.32 Å². The van der Waals surface area contributed by atoms with Crippen LogP contribution in [0.4, 0.5) is 0 Å². The molecule has 0 aromatic heterocycles. The lowest BCUT2D eigenvalue weighted by atomic mass is 9.78. The Kier molecular flexibility index (Phi) is 3.17. The number of aliphatic hydroxyl groups is 1.